The van der Waals surface area contributed by atoms with Crippen LogP contribution in [-0.4, -0.2) is 22.8 Å². The van der Waals surface area contributed by atoms with E-state index in [1.54, 1.807) is 0 Å². The Labute approximate surface area is 123 Å². The Morgan fingerprint density at radius 2 is 2.14 bits per heavy atom. The van der Waals surface area contributed by atoms with Crippen molar-refractivity contribution in [1.82, 2.24) is 15.5 Å². The summed E-state index contributed by atoms with van der Waals surface area (Å²) in [5, 5.41) is 11.7. The van der Waals surface area contributed by atoms with E-state index in [0.29, 0.717) is 30.3 Å². The highest BCUT2D eigenvalue weighted by Crippen LogP contribution is 2.39. The predicted octanol–water partition coefficient (Wildman–Crippen LogP) is 2.60. The molecule has 1 aromatic heterocycles. The Hall–Kier alpha value is -1.88. The maximum absolute atomic E-state index is 5.74. The zero-order chi connectivity index (χ0) is 14.2. The highest BCUT2D eigenvalue weighted by Gasteiger charge is 2.30. The van der Waals surface area contributed by atoms with Crippen LogP contribution in [0.5, 0.6) is 5.75 Å². The van der Waals surface area contributed by atoms with Crippen molar-refractivity contribution in [2.45, 2.75) is 44.2 Å². The summed E-state index contributed by atoms with van der Waals surface area (Å²) in [6, 6.07) is 8.54. The molecule has 0 radical (unpaired) electrons. The van der Waals surface area contributed by atoms with Gasteiger partial charge in [-0.15, -0.1) is 10.2 Å². The van der Waals surface area contributed by atoms with Crippen molar-refractivity contribution in [2.24, 2.45) is 0 Å². The van der Waals surface area contributed by atoms with Crippen LogP contribution in [0.3, 0.4) is 0 Å². The monoisotopic (exact) mass is 285 g/mol. The third kappa shape index (κ3) is 2.53. The van der Waals surface area contributed by atoms with Crippen LogP contribution in [0.1, 0.15) is 48.9 Å². The third-order valence-electron chi connectivity index (χ3n) is 4.32. The molecule has 5 nitrogen and oxygen atoms in total. The molecule has 2 aliphatic rings. The molecule has 1 aliphatic carbocycles. The normalized spacial score (nSPS) is 21.9. The molecular weight excluding hydrogens is 266 g/mol. The summed E-state index contributed by atoms with van der Waals surface area (Å²) in [7, 11) is 0. The molecule has 21 heavy (non-hydrogen) atoms. The number of rotatable bonds is 5. The smallest absolute Gasteiger partial charge is 0.230 e. The minimum Gasteiger partial charge on any atom is -0.493 e. The highest BCUT2D eigenvalue weighted by atomic mass is 16.5. The Morgan fingerprint density at radius 1 is 1.29 bits per heavy atom. The lowest BCUT2D eigenvalue weighted by atomic mass is 9.94. The van der Waals surface area contributed by atoms with Crippen LogP contribution < -0.4 is 10.1 Å². The van der Waals surface area contributed by atoms with E-state index < -0.39 is 0 Å². The van der Waals surface area contributed by atoms with Crippen molar-refractivity contribution in [1.29, 1.82) is 0 Å². The van der Waals surface area contributed by atoms with E-state index >= 15 is 0 Å². The Bertz CT molecular complexity index is 636. The Kier molecular flexibility index (Phi) is 3.15. The second-order valence-electron chi connectivity index (χ2n) is 5.93. The average molecular weight is 285 g/mol. The number of hydrogen-bond donors (Lipinski definition) is 1. The van der Waals surface area contributed by atoms with Gasteiger partial charge in [0.1, 0.15) is 5.75 Å². The van der Waals surface area contributed by atoms with E-state index in [2.05, 4.69) is 34.6 Å². The molecule has 110 valence electrons. The number of fused-ring (bicyclic) bond motifs is 1. The molecule has 1 N–H and O–H groups in total. The summed E-state index contributed by atoms with van der Waals surface area (Å²) in [6.45, 7) is 3.51. The molecule has 0 spiro atoms. The van der Waals surface area contributed by atoms with Crippen molar-refractivity contribution in [3.8, 4) is 5.75 Å². The van der Waals surface area contributed by atoms with E-state index in [1.165, 1.54) is 18.4 Å². The molecule has 5 heteroatoms. The van der Waals surface area contributed by atoms with Crippen LogP contribution in [0.25, 0.3) is 0 Å². The van der Waals surface area contributed by atoms with Gasteiger partial charge in [-0.2, -0.15) is 0 Å². The second kappa shape index (κ2) is 5.15. The van der Waals surface area contributed by atoms with Gasteiger partial charge in [0.25, 0.3) is 0 Å². The van der Waals surface area contributed by atoms with Gasteiger partial charge in [-0.05, 0) is 25.8 Å². The maximum atomic E-state index is 5.74. The number of para-hydroxylation sites is 1. The fourth-order valence-corrected chi connectivity index (χ4v) is 2.83. The van der Waals surface area contributed by atoms with Gasteiger partial charge in [0.2, 0.25) is 11.8 Å². The minimum absolute atomic E-state index is 0.296. The van der Waals surface area contributed by atoms with Gasteiger partial charge in [-0.25, -0.2) is 0 Å². The van der Waals surface area contributed by atoms with Crippen molar-refractivity contribution in [3.63, 3.8) is 0 Å². The zero-order valence-electron chi connectivity index (χ0n) is 12.1. The van der Waals surface area contributed by atoms with Crippen molar-refractivity contribution < 1.29 is 9.15 Å². The van der Waals surface area contributed by atoms with E-state index in [9.17, 15) is 0 Å². The van der Waals surface area contributed by atoms with Gasteiger partial charge in [-0.3, -0.25) is 0 Å². The number of aromatic nitrogens is 2. The molecule has 1 fully saturated rings. The first-order chi connectivity index (χ1) is 10.3. The Balaban J connectivity index is 1.38. The first-order valence-electron chi connectivity index (χ1n) is 7.58. The van der Waals surface area contributed by atoms with Crippen molar-refractivity contribution >= 4 is 0 Å². The van der Waals surface area contributed by atoms with Gasteiger partial charge in [0.05, 0.1) is 13.2 Å². The zero-order valence-corrected chi connectivity index (χ0v) is 12.1. The first-order valence-corrected chi connectivity index (χ1v) is 7.58. The summed E-state index contributed by atoms with van der Waals surface area (Å²) in [5.74, 6) is 3.36. The average Bonchev–Trinajstić information content (AvgIpc) is 3.10. The molecule has 2 unspecified atom stereocenters. The van der Waals surface area contributed by atoms with Crippen LogP contribution in [0.15, 0.2) is 28.7 Å². The standard InChI is InChI=1S/C16H19N3O2/c1-10(13-9-20-14-5-3-2-4-12(13)14)17-8-15-18-19-16(21-15)11-6-7-11/h2-5,10-11,13,17H,6-9H2,1H3. The molecule has 2 aromatic rings. The van der Waals surface area contributed by atoms with Gasteiger partial charge in [0, 0.05) is 23.4 Å². The minimum atomic E-state index is 0.296. The molecule has 0 saturated heterocycles. The van der Waals surface area contributed by atoms with Crippen LogP contribution in [0, 0.1) is 0 Å². The van der Waals surface area contributed by atoms with Crippen LogP contribution in [0.4, 0.5) is 0 Å². The second-order valence-corrected chi connectivity index (χ2v) is 5.93. The van der Waals surface area contributed by atoms with E-state index in [0.717, 1.165) is 18.2 Å². The quantitative estimate of drug-likeness (QED) is 0.915. The maximum Gasteiger partial charge on any atom is 0.230 e. The van der Waals surface area contributed by atoms with E-state index in [-0.39, 0.29) is 0 Å². The highest BCUT2D eigenvalue weighted by molar-refractivity contribution is 5.40. The summed E-state index contributed by atoms with van der Waals surface area (Å²) in [6.07, 6.45) is 2.36. The summed E-state index contributed by atoms with van der Waals surface area (Å²) in [5.41, 5.74) is 1.28. The van der Waals surface area contributed by atoms with Gasteiger partial charge in [-0.1, -0.05) is 18.2 Å². The number of nitrogens with zero attached hydrogens (tertiary/aromatic N) is 2. The van der Waals surface area contributed by atoms with Crippen molar-refractivity contribution in [3.05, 3.63) is 41.6 Å². The van der Waals surface area contributed by atoms with Crippen LogP contribution >= 0.6 is 0 Å². The van der Waals surface area contributed by atoms with Crippen molar-refractivity contribution in [2.75, 3.05) is 6.61 Å². The van der Waals surface area contributed by atoms with Crippen LogP contribution in [0.2, 0.25) is 0 Å². The predicted molar refractivity (Wildman–Crippen MR) is 77.3 cm³/mol. The molecule has 0 amide bonds. The number of ether oxygens (including phenoxy) is 1. The summed E-state index contributed by atoms with van der Waals surface area (Å²) in [4.78, 5) is 0. The lowest BCUT2D eigenvalue weighted by Crippen LogP contribution is -2.32. The fraction of sp³-hybridized carbons (Fsp3) is 0.500. The topological polar surface area (TPSA) is 60.2 Å². The Morgan fingerprint density at radius 3 is 3.00 bits per heavy atom. The fourth-order valence-electron chi connectivity index (χ4n) is 2.83. The molecular formula is C16H19N3O2. The molecule has 2 atom stereocenters. The summed E-state index contributed by atoms with van der Waals surface area (Å²) >= 11 is 0. The molecule has 4 rings (SSSR count). The number of benzene rings is 1. The lowest BCUT2D eigenvalue weighted by Gasteiger charge is -2.18. The van der Waals surface area contributed by atoms with Gasteiger partial charge < -0.3 is 14.5 Å². The SMILES string of the molecule is CC(NCc1nnc(C2CC2)o1)C1COc2ccccc21. The molecule has 1 aliphatic heterocycles. The largest absolute Gasteiger partial charge is 0.493 e. The van der Waals surface area contributed by atoms with E-state index in [1.807, 2.05) is 12.1 Å². The molecule has 0 bridgehead atoms. The number of nitrogens with one attached hydrogen (secondary N) is 1. The van der Waals surface area contributed by atoms with Gasteiger partial charge in [0.15, 0.2) is 0 Å². The lowest BCUT2D eigenvalue weighted by molar-refractivity contribution is 0.299. The third-order valence-corrected chi connectivity index (χ3v) is 4.32. The van der Waals surface area contributed by atoms with Crippen LogP contribution in [-0.2, 0) is 6.54 Å². The van der Waals surface area contributed by atoms with Gasteiger partial charge >= 0.3 is 0 Å². The molecule has 2 heterocycles. The molecule has 1 saturated carbocycles. The molecule has 1 aromatic carbocycles. The summed E-state index contributed by atoms with van der Waals surface area (Å²) < 4.78 is 11.4. The first kappa shape index (κ1) is 12.8. The number of hydrogen-bond acceptors (Lipinski definition) is 5. The van der Waals surface area contributed by atoms with E-state index in [4.69, 9.17) is 9.15 Å².